The van der Waals surface area contributed by atoms with Crippen LogP contribution in [0.15, 0.2) is 30.3 Å². The van der Waals surface area contributed by atoms with Crippen LogP contribution in [0.3, 0.4) is 0 Å². The zero-order chi connectivity index (χ0) is 6.69. The van der Waals surface area contributed by atoms with Gasteiger partial charge in [0.2, 0.25) is 0 Å². The number of nitrogen functional groups attached to an aromatic ring is 1. The molecule has 0 spiro atoms. The molecule has 11 heavy (non-hydrogen) atoms. The molecule has 0 amide bonds. The van der Waals surface area contributed by atoms with E-state index in [1.807, 2.05) is 30.3 Å². The molecule has 5 N–H and O–H groups in total. The van der Waals surface area contributed by atoms with Gasteiger partial charge in [0.1, 0.15) is 5.84 Å². The number of nitrogens with one attached hydrogen (secondary N) is 1. The zero-order valence-corrected chi connectivity index (χ0v) is 6.69. The number of hydrogen-bond donors (Lipinski definition) is 2. The van der Waals surface area contributed by atoms with Crippen LogP contribution in [-0.2, 0) is 0 Å². The van der Waals surface area contributed by atoms with Crippen LogP contribution in [0.5, 0.6) is 0 Å². The zero-order valence-electron chi connectivity index (χ0n) is 5.87. The minimum absolute atomic E-state index is 0. The summed E-state index contributed by atoms with van der Waals surface area (Å²) in [4.78, 5) is 0. The minimum atomic E-state index is 0. The van der Waals surface area contributed by atoms with Crippen LogP contribution in [-0.4, -0.2) is 11.3 Å². The fourth-order valence-electron chi connectivity index (χ4n) is 0.618. The summed E-state index contributed by atoms with van der Waals surface area (Å²) in [5.74, 6) is 0.121. The van der Waals surface area contributed by atoms with Gasteiger partial charge in [-0.2, -0.15) is 0 Å². The molecule has 0 aliphatic heterocycles. The Labute approximate surface area is 71.5 Å². The molecule has 0 bridgehead atoms. The van der Waals surface area contributed by atoms with Crippen LogP contribution >= 0.6 is 12.4 Å². The summed E-state index contributed by atoms with van der Waals surface area (Å²) < 4.78 is 0. The Hall–Kier alpha value is -1.06. The molecule has 4 heteroatoms. The molecule has 0 radical (unpaired) electrons. The Morgan fingerprint density at radius 3 is 1.91 bits per heavy atom. The maximum atomic E-state index is 7.01. The highest BCUT2D eigenvalue weighted by Crippen LogP contribution is 1.94. The molecular formula is C7H11ClN2O. The largest absolute Gasteiger partial charge is 0.412 e. The first-order valence-electron chi connectivity index (χ1n) is 2.70. The van der Waals surface area contributed by atoms with E-state index < -0.39 is 0 Å². The van der Waals surface area contributed by atoms with E-state index in [1.165, 1.54) is 0 Å². The smallest absolute Gasteiger partial charge is 0.122 e. The molecule has 3 nitrogen and oxygen atoms in total. The van der Waals surface area contributed by atoms with Gasteiger partial charge in [-0.15, -0.1) is 12.4 Å². The van der Waals surface area contributed by atoms with Crippen molar-refractivity contribution in [2.24, 2.45) is 5.73 Å². The quantitative estimate of drug-likeness (QED) is 0.474. The number of rotatable bonds is 1. The third kappa shape index (κ3) is 3.60. The lowest BCUT2D eigenvalue weighted by Crippen LogP contribution is -2.10. The third-order valence-electron chi connectivity index (χ3n) is 1.08. The molecular weight excluding hydrogens is 164 g/mol. The van der Waals surface area contributed by atoms with Gasteiger partial charge in [0.15, 0.2) is 0 Å². The molecule has 62 valence electrons. The summed E-state index contributed by atoms with van der Waals surface area (Å²) in [5.41, 5.74) is 5.97. The maximum absolute atomic E-state index is 7.01. The minimum Gasteiger partial charge on any atom is -0.412 e. The van der Waals surface area contributed by atoms with Gasteiger partial charge in [0.05, 0.1) is 0 Å². The van der Waals surface area contributed by atoms with Crippen LogP contribution in [0.1, 0.15) is 5.56 Å². The van der Waals surface area contributed by atoms with Gasteiger partial charge in [0, 0.05) is 5.56 Å². The highest BCUT2D eigenvalue weighted by Gasteiger charge is 1.89. The van der Waals surface area contributed by atoms with E-state index in [0.717, 1.165) is 5.56 Å². The van der Waals surface area contributed by atoms with Crippen molar-refractivity contribution in [1.29, 1.82) is 5.41 Å². The number of halogens is 1. The molecule has 0 aliphatic carbocycles. The Bertz CT molecular complexity index is 213. The topological polar surface area (TPSA) is 81.4 Å². The molecule has 1 aromatic rings. The predicted molar refractivity (Wildman–Crippen MR) is 48.3 cm³/mol. The van der Waals surface area contributed by atoms with Crippen LogP contribution in [0.2, 0.25) is 0 Å². The van der Waals surface area contributed by atoms with E-state index in [1.54, 1.807) is 0 Å². The summed E-state index contributed by atoms with van der Waals surface area (Å²) in [6, 6.07) is 9.23. The van der Waals surface area contributed by atoms with Gasteiger partial charge < -0.3 is 11.2 Å². The summed E-state index contributed by atoms with van der Waals surface area (Å²) >= 11 is 0. The highest BCUT2D eigenvalue weighted by molar-refractivity contribution is 5.94. The Morgan fingerprint density at radius 2 is 1.64 bits per heavy atom. The van der Waals surface area contributed by atoms with E-state index in [-0.39, 0.29) is 23.7 Å². The molecule has 0 aliphatic rings. The molecule has 0 atom stereocenters. The Kier molecular flexibility index (Phi) is 6.53. The Morgan fingerprint density at radius 1 is 1.18 bits per heavy atom. The van der Waals surface area contributed by atoms with Crippen molar-refractivity contribution in [2.45, 2.75) is 0 Å². The number of hydrogen-bond acceptors (Lipinski definition) is 1. The van der Waals surface area contributed by atoms with E-state index in [0.29, 0.717) is 0 Å². The fraction of sp³-hybridized carbons (Fsp3) is 0. The standard InChI is InChI=1S/C7H8N2.ClH.H2O/c8-7(9)6-4-2-1-3-5-6;;/h1-5H,(H3,8,9);1H;1H2. The van der Waals surface area contributed by atoms with Gasteiger partial charge in [-0.05, 0) is 0 Å². The lowest BCUT2D eigenvalue weighted by atomic mass is 10.2. The fourth-order valence-corrected chi connectivity index (χ4v) is 0.618. The molecule has 0 unspecified atom stereocenters. The van der Waals surface area contributed by atoms with Crippen molar-refractivity contribution in [3.05, 3.63) is 35.9 Å². The van der Waals surface area contributed by atoms with E-state index in [2.05, 4.69) is 0 Å². The Balaban J connectivity index is 0. The highest BCUT2D eigenvalue weighted by atomic mass is 35.5. The average Bonchev–Trinajstić information content (AvgIpc) is 1.90. The van der Waals surface area contributed by atoms with Gasteiger partial charge in [0.25, 0.3) is 0 Å². The molecule has 1 aromatic carbocycles. The van der Waals surface area contributed by atoms with Crippen molar-refractivity contribution >= 4 is 18.2 Å². The second-order valence-electron chi connectivity index (χ2n) is 1.78. The van der Waals surface area contributed by atoms with E-state index >= 15 is 0 Å². The van der Waals surface area contributed by atoms with Crippen molar-refractivity contribution in [3.8, 4) is 0 Å². The first kappa shape index (κ1) is 12.6. The molecule has 0 fully saturated rings. The summed E-state index contributed by atoms with van der Waals surface area (Å²) in [7, 11) is 0. The molecule has 0 saturated carbocycles. The van der Waals surface area contributed by atoms with Gasteiger partial charge in [-0.1, -0.05) is 30.3 Å². The number of nitrogens with two attached hydrogens (primary N) is 1. The molecule has 1 rings (SSSR count). The lowest BCUT2D eigenvalue weighted by molar-refractivity contribution is 0.824. The molecule has 0 heterocycles. The first-order chi connectivity index (χ1) is 4.30. The SMILES string of the molecule is Cl.N=C(N)c1ccccc1.O. The van der Waals surface area contributed by atoms with Crippen LogP contribution in [0.25, 0.3) is 0 Å². The van der Waals surface area contributed by atoms with E-state index in [4.69, 9.17) is 11.1 Å². The van der Waals surface area contributed by atoms with Gasteiger partial charge >= 0.3 is 0 Å². The lowest BCUT2D eigenvalue weighted by Gasteiger charge is -1.93. The average molecular weight is 175 g/mol. The summed E-state index contributed by atoms with van der Waals surface area (Å²) in [6.07, 6.45) is 0. The van der Waals surface area contributed by atoms with Gasteiger partial charge in [-0.25, -0.2) is 0 Å². The second-order valence-corrected chi connectivity index (χ2v) is 1.78. The number of benzene rings is 1. The van der Waals surface area contributed by atoms with Crippen molar-refractivity contribution in [2.75, 3.05) is 0 Å². The predicted octanol–water partition coefficient (Wildman–Crippen LogP) is 0.568. The monoisotopic (exact) mass is 174 g/mol. The number of amidine groups is 1. The summed E-state index contributed by atoms with van der Waals surface area (Å²) in [5, 5.41) is 7.01. The molecule has 0 saturated heterocycles. The first-order valence-corrected chi connectivity index (χ1v) is 2.70. The summed E-state index contributed by atoms with van der Waals surface area (Å²) in [6.45, 7) is 0. The molecule has 0 aromatic heterocycles. The normalized spacial score (nSPS) is 7.27. The van der Waals surface area contributed by atoms with Crippen molar-refractivity contribution in [3.63, 3.8) is 0 Å². The third-order valence-corrected chi connectivity index (χ3v) is 1.08. The van der Waals surface area contributed by atoms with Gasteiger partial charge in [-0.3, -0.25) is 5.41 Å². The van der Waals surface area contributed by atoms with Crippen molar-refractivity contribution < 1.29 is 5.48 Å². The van der Waals surface area contributed by atoms with Crippen LogP contribution < -0.4 is 5.73 Å². The maximum Gasteiger partial charge on any atom is 0.122 e. The van der Waals surface area contributed by atoms with E-state index in [9.17, 15) is 0 Å². The van der Waals surface area contributed by atoms with Crippen LogP contribution in [0, 0.1) is 5.41 Å². The second kappa shape index (κ2) is 5.70. The van der Waals surface area contributed by atoms with Crippen LogP contribution in [0.4, 0.5) is 0 Å². The van der Waals surface area contributed by atoms with Crippen molar-refractivity contribution in [1.82, 2.24) is 0 Å².